The molecule has 0 aliphatic heterocycles. The van der Waals surface area contributed by atoms with Gasteiger partial charge in [0.05, 0.1) is 0 Å². The molecule has 0 radical (unpaired) electrons. The van der Waals surface area contributed by atoms with Gasteiger partial charge in [0, 0.05) is 5.41 Å². The van der Waals surface area contributed by atoms with E-state index in [1.165, 1.54) is 5.56 Å². The number of hydrogen-bond acceptors (Lipinski definition) is 3. The molecule has 0 aromatic heterocycles. The largest absolute Gasteiger partial charge is 0.409 e. The van der Waals surface area contributed by atoms with Gasteiger partial charge < -0.3 is 16.3 Å². The zero-order valence-corrected chi connectivity index (χ0v) is 11.9. The van der Waals surface area contributed by atoms with E-state index in [0.717, 1.165) is 32.4 Å². The minimum atomic E-state index is -0.263. The van der Waals surface area contributed by atoms with Crippen molar-refractivity contribution in [3.05, 3.63) is 35.9 Å². The zero-order valence-electron chi connectivity index (χ0n) is 11.9. The smallest absolute Gasteiger partial charge is 0.144 e. The average Bonchev–Trinajstić information content (AvgIpc) is 2.42. The second kappa shape index (κ2) is 7.79. The Labute approximate surface area is 115 Å². The predicted octanol–water partition coefficient (Wildman–Crippen LogP) is 2.37. The van der Waals surface area contributed by atoms with E-state index in [2.05, 4.69) is 34.7 Å². The summed E-state index contributed by atoms with van der Waals surface area (Å²) in [5.74, 6) is 0.290. The van der Waals surface area contributed by atoms with Gasteiger partial charge in [-0.3, -0.25) is 0 Å². The molecule has 0 saturated heterocycles. The first-order valence-corrected chi connectivity index (χ1v) is 6.79. The van der Waals surface area contributed by atoms with Crippen molar-refractivity contribution >= 4 is 5.84 Å². The van der Waals surface area contributed by atoms with Crippen LogP contribution in [0.1, 0.15) is 32.3 Å². The molecule has 106 valence electrons. The molecule has 4 N–H and O–H groups in total. The van der Waals surface area contributed by atoms with Gasteiger partial charge in [0.25, 0.3) is 0 Å². The molecule has 4 nitrogen and oxygen atoms in total. The van der Waals surface area contributed by atoms with Crippen molar-refractivity contribution in [2.75, 3.05) is 13.1 Å². The second-order valence-corrected chi connectivity index (χ2v) is 5.46. The third kappa shape index (κ3) is 5.75. The van der Waals surface area contributed by atoms with Crippen LogP contribution in [-0.4, -0.2) is 24.1 Å². The normalized spacial score (nSPS) is 12.6. The molecule has 19 heavy (non-hydrogen) atoms. The summed E-state index contributed by atoms with van der Waals surface area (Å²) in [5.41, 5.74) is 6.75. The number of amidine groups is 1. The summed E-state index contributed by atoms with van der Waals surface area (Å²) in [7, 11) is 0. The molecule has 1 rings (SSSR count). The van der Waals surface area contributed by atoms with Gasteiger partial charge in [0.1, 0.15) is 5.84 Å². The highest BCUT2D eigenvalue weighted by Gasteiger charge is 2.22. The number of nitrogens with one attached hydrogen (secondary N) is 1. The van der Waals surface area contributed by atoms with Crippen molar-refractivity contribution in [1.29, 1.82) is 0 Å². The van der Waals surface area contributed by atoms with Crippen molar-refractivity contribution in [2.24, 2.45) is 16.3 Å². The van der Waals surface area contributed by atoms with Crippen molar-refractivity contribution in [3.8, 4) is 0 Å². The van der Waals surface area contributed by atoms with Crippen molar-refractivity contribution in [1.82, 2.24) is 5.32 Å². The summed E-state index contributed by atoms with van der Waals surface area (Å²) in [6.07, 6.45) is 3.07. The van der Waals surface area contributed by atoms with E-state index in [9.17, 15) is 0 Å². The minimum Gasteiger partial charge on any atom is -0.409 e. The fraction of sp³-hybridized carbons (Fsp3) is 0.533. The topological polar surface area (TPSA) is 70.6 Å². The van der Waals surface area contributed by atoms with E-state index in [-0.39, 0.29) is 5.41 Å². The molecule has 0 aliphatic rings. The maximum absolute atomic E-state index is 8.68. The van der Waals surface area contributed by atoms with Crippen LogP contribution in [0.4, 0.5) is 0 Å². The molecule has 1 aromatic carbocycles. The lowest BCUT2D eigenvalue weighted by atomic mass is 9.88. The Morgan fingerprint density at radius 2 is 1.95 bits per heavy atom. The minimum absolute atomic E-state index is 0.263. The highest BCUT2D eigenvalue weighted by atomic mass is 16.4. The molecule has 0 heterocycles. The van der Waals surface area contributed by atoms with Crippen LogP contribution in [0, 0.1) is 5.41 Å². The molecular formula is C15H25N3O. The Hall–Kier alpha value is -1.55. The highest BCUT2D eigenvalue weighted by molar-refractivity contribution is 5.85. The Kier molecular flexibility index (Phi) is 6.36. The number of aryl methyl sites for hydroxylation is 1. The number of nitrogens with zero attached hydrogens (tertiary/aromatic N) is 1. The summed E-state index contributed by atoms with van der Waals surface area (Å²) < 4.78 is 0. The van der Waals surface area contributed by atoms with Gasteiger partial charge in [0.2, 0.25) is 0 Å². The standard InChI is InChI=1S/C15H25N3O/c1-15(2,14(16)18-19)10-12-17-11-6-9-13-7-4-3-5-8-13/h3-5,7-8,17,19H,6,9-12H2,1-2H3,(H2,16,18). The molecule has 0 saturated carbocycles. The van der Waals surface area contributed by atoms with Crippen LogP contribution in [0.2, 0.25) is 0 Å². The molecule has 0 aliphatic carbocycles. The van der Waals surface area contributed by atoms with E-state index in [0.29, 0.717) is 5.84 Å². The van der Waals surface area contributed by atoms with Crippen LogP contribution in [-0.2, 0) is 6.42 Å². The number of benzene rings is 1. The van der Waals surface area contributed by atoms with E-state index in [1.807, 2.05) is 19.9 Å². The Morgan fingerprint density at radius 1 is 1.26 bits per heavy atom. The third-order valence-electron chi connectivity index (χ3n) is 3.39. The molecular weight excluding hydrogens is 238 g/mol. The third-order valence-corrected chi connectivity index (χ3v) is 3.39. The molecule has 0 amide bonds. The van der Waals surface area contributed by atoms with Gasteiger partial charge in [-0.1, -0.05) is 49.3 Å². The number of oxime groups is 1. The average molecular weight is 263 g/mol. The maximum Gasteiger partial charge on any atom is 0.144 e. The molecule has 1 aromatic rings. The molecule has 0 unspecified atom stereocenters. The highest BCUT2D eigenvalue weighted by Crippen LogP contribution is 2.19. The quantitative estimate of drug-likeness (QED) is 0.222. The Bertz CT molecular complexity index is 388. The molecule has 0 spiro atoms. The monoisotopic (exact) mass is 263 g/mol. The van der Waals surface area contributed by atoms with Crippen molar-refractivity contribution < 1.29 is 5.21 Å². The van der Waals surface area contributed by atoms with Crippen LogP contribution in [0.15, 0.2) is 35.5 Å². The van der Waals surface area contributed by atoms with Gasteiger partial charge in [-0.2, -0.15) is 0 Å². The first-order chi connectivity index (χ1) is 9.06. The summed E-state index contributed by atoms with van der Waals surface area (Å²) in [5, 5.41) is 15.2. The number of hydrogen-bond donors (Lipinski definition) is 3. The van der Waals surface area contributed by atoms with E-state index in [1.54, 1.807) is 0 Å². The lowest BCUT2D eigenvalue weighted by Gasteiger charge is -2.22. The lowest BCUT2D eigenvalue weighted by molar-refractivity contribution is 0.305. The second-order valence-electron chi connectivity index (χ2n) is 5.46. The molecule has 0 fully saturated rings. The van der Waals surface area contributed by atoms with Crippen LogP contribution >= 0.6 is 0 Å². The van der Waals surface area contributed by atoms with Crippen LogP contribution < -0.4 is 11.1 Å². The Morgan fingerprint density at radius 3 is 2.58 bits per heavy atom. The molecule has 0 atom stereocenters. The summed E-state index contributed by atoms with van der Waals surface area (Å²) in [6, 6.07) is 10.5. The van der Waals surface area contributed by atoms with E-state index >= 15 is 0 Å². The fourth-order valence-electron chi connectivity index (χ4n) is 1.85. The van der Waals surface area contributed by atoms with Gasteiger partial charge in [-0.05, 0) is 37.9 Å². The van der Waals surface area contributed by atoms with Gasteiger partial charge >= 0.3 is 0 Å². The lowest BCUT2D eigenvalue weighted by Crippen LogP contribution is -2.35. The van der Waals surface area contributed by atoms with Crippen molar-refractivity contribution in [2.45, 2.75) is 33.1 Å². The summed E-state index contributed by atoms with van der Waals surface area (Å²) >= 11 is 0. The van der Waals surface area contributed by atoms with E-state index < -0.39 is 0 Å². The number of rotatable bonds is 8. The fourth-order valence-corrected chi connectivity index (χ4v) is 1.85. The van der Waals surface area contributed by atoms with Crippen LogP contribution in [0.5, 0.6) is 0 Å². The maximum atomic E-state index is 8.68. The SMILES string of the molecule is CC(C)(CCNCCCc1ccccc1)C(N)=NO. The van der Waals surface area contributed by atoms with Crippen LogP contribution in [0.25, 0.3) is 0 Å². The van der Waals surface area contributed by atoms with Crippen LogP contribution in [0.3, 0.4) is 0 Å². The summed E-state index contributed by atoms with van der Waals surface area (Å²) in [6.45, 7) is 5.82. The molecule has 0 bridgehead atoms. The first kappa shape index (κ1) is 15.5. The van der Waals surface area contributed by atoms with Crippen molar-refractivity contribution in [3.63, 3.8) is 0 Å². The number of nitrogens with two attached hydrogens (primary N) is 1. The first-order valence-electron chi connectivity index (χ1n) is 6.79. The predicted molar refractivity (Wildman–Crippen MR) is 79.4 cm³/mol. The zero-order chi connectivity index (χ0) is 14.1. The Balaban J connectivity index is 2.12. The van der Waals surface area contributed by atoms with Gasteiger partial charge in [0.15, 0.2) is 0 Å². The molecule has 4 heteroatoms. The summed E-state index contributed by atoms with van der Waals surface area (Å²) in [4.78, 5) is 0. The van der Waals surface area contributed by atoms with Gasteiger partial charge in [-0.25, -0.2) is 0 Å². The van der Waals surface area contributed by atoms with E-state index in [4.69, 9.17) is 10.9 Å². The van der Waals surface area contributed by atoms with Gasteiger partial charge in [-0.15, -0.1) is 0 Å².